The minimum Gasteiger partial charge on any atom is -0.316 e. The summed E-state index contributed by atoms with van der Waals surface area (Å²) in [5.41, 5.74) is 0.554. The van der Waals surface area contributed by atoms with Gasteiger partial charge in [-0.05, 0) is 37.1 Å². The van der Waals surface area contributed by atoms with Crippen LogP contribution in [0.15, 0.2) is 0 Å². The van der Waals surface area contributed by atoms with E-state index in [1.54, 1.807) is 0 Å². The van der Waals surface area contributed by atoms with Gasteiger partial charge in [0, 0.05) is 6.54 Å². The molecule has 0 spiro atoms. The Bertz CT molecular complexity index is 194. The molecule has 0 saturated carbocycles. The Balaban J connectivity index is 3.82. The molecule has 0 rings (SSSR count). The highest BCUT2D eigenvalue weighted by atomic mass is 14.9. The molecule has 0 amide bonds. The minimum atomic E-state index is 0.554. The van der Waals surface area contributed by atoms with Crippen LogP contribution < -0.4 is 5.32 Å². The van der Waals surface area contributed by atoms with E-state index in [9.17, 15) is 0 Å². The van der Waals surface area contributed by atoms with E-state index in [2.05, 4.69) is 39.9 Å². The Morgan fingerprint density at radius 2 is 1.35 bits per heavy atom. The molecule has 0 atom stereocenters. The third kappa shape index (κ3) is 9.80. The molecule has 0 heterocycles. The van der Waals surface area contributed by atoms with Gasteiger partial charge in [-0.1, -0.05) is 79.6 Å². The summed E-state index contributed by atoms with van der Waals surface area (Å²) in [6.07, 6.45) is 14.1. The van der Waals surface area contributed by atoms with Gasteiger partial charge in [0.25, 0.3) is 0 Å². The zero-order valence-corrected chi connectivity index (χ0v) is 15.1. The summed E-state index contributed by atoms with van der Waals surface area (Å²) < 4.78 is 0. The predicted octanol–water partition coefficient (Wildman–Crippen LogP) is 6.18. The molecule has 0 saturated heterocycles. The van der Waals surface area contributed by atoms with E-state index in [1.165, 1.54) is 77.3 Å². The second-order valence-electron chi connectivity index (χ2n) is 7.10. The summed E-state index contributed by atoms with van der Waals surface area (Å²) in [6.45, 7) is 14.0. The first-order valence-corrected chi connectivity index (χ1v) is 9.31. The first-order chi connectivity index (χ1) is 9.60. The van der Waals surface area contributed by atoms with Crippen molar-refractivity contribution in [3.63, 3.8) is 0 Å². The molecule has 20 heavy (non-hydrogen) atoms. The Hall–Kier alpha value is -0.0400. The van der Waals surface area contributed by atoms with Crippen LogP contribution in [0.1, 0.15) is 98.8 Å². The van der Waals surface area contributed by atoms with E-state index in [0.29, 0.717) is 5.41 Å². The Kier molecular flexibility index (Phi) is 12.7. The molecule has 0 aromatic carbocycles. The maximum absolute atomic E-state index is 3.70. The normalized spacial score (nSPS) is 12.3. The summed E-state index contributed by atoms with van der Waals surface area (Å²) in [4.78, 5) is 0. The molecular weight excluding hydrogens is 242 g/mol. The van der Waals surface area contributed by atoms with Gasteiger partial charge in [0.1, 0.15) is 0 Å². The summed E-state index contributed by atoms with van der Waals surface area (Å²) in [5, 5.41) is 3.70. The molecule has 0 fully saturated rings. The molecule has 0 unspecified atom stereocenters. The van der Waals surface area contributed by atoms with E-state index < -0.39 is 0 Å². The van der Waals surface area contributed by atoms with E-state index >= 15 is 0 Å². The number of rotatable bonds is 14. The average molecular weight is 284 g/mol. The lowest BCUT2D eigenvalue weighted by Crippen LogP contribution is -2.35. The third-order valence-corrected chi connectivity index (χ3v) is 4.86. The minimum absolute atomic E-state index is 0.554. The largest absolute Gasteiger partial charge is 0.316 e. The van der Waals surface area contributed by atoms with Crippen molar-refractivity contribution in [2.24, 2.45) is 11.3 Å². The van der Waals surface area contributed by atoms with Crippen molar-refractivity contribution in [2.45, 2.75) is 98.8 Å². The zero-order chi connectivity index (χ0) is 15.3. The summed E-state index contributed by atoms with van der Waals surface area (Å²) in [6, 6.07) is 0. The third-order valence-electron chi connectivity index (χ3n) is 4.86. The highest BCUT2D eigenvalue weighted by Crippen LogP contribution is 2.32. The van der Waals surface area contributed by atoms with Gasteiger partial charge in [0.15, 0.2) is 0 Å². The second-order valence-corrected chi connectivity index (χ2v) is 7.10. The number of hydrogen-bond acceptors (Lipinski definition) is 1. The van der Waals surface area contributed by atoms with Crippen LogP contribution in [0.5, 0.6) is 0 Å². The van der Waals surface area contributed by atoms with Crippen LogP contribution >= 0.6 is 0 Å². The Labute approximate surface area is 129 Å². The highest BCUT2D eigenvalue weighted by molar-refractivity contribution is 4.79. The van der Waals surface area contributed by atoms with Crippen LogP contribution in [-0.2, 0) is 0 Å². The number of unbranched alkanes of at least 4 members (excludes halogenated alkanes) is 6. The lowest BCUT2D eigenvalue weighted by molar-refractivity contribution is 0.217. The standard InChI is InChI=1S/C19H41N/c1-6-9-10-11-12-13-14-15-19(7-2,8-3)17-20-16-18(4)5/h18,20H,6-17H2,1-5H3. The maximum Gasteiger partial charge on any atom is 0.000771 e. The molecule has 0 bridgehead atoms. The van der Waals surface area contributed by atoms with E-state index in [1.807, 2.05) is 0 Å². The number of nitrogens with one attached hydrogen (secondary N) is 1. The predicted molar refractivity (Wildman–Crippen MR) is 93.3 cm³/mol. The van der Waals surface area contributed by atoms with Crippen LogP contribution in [0.4, 0.5) is 0 Å². The van der Waals surface area contributed by atoms with Crippen LogP contribution in [0, 0.1) is 11.3 Å². The first kappa shape index (κ1) is 20.0. The Morgan fingerprint density at radius 1 is 0.800 bits per heavy atom. The second kappa shape index (κ2) is 12.7. The zero-order valence-electron chi connectivity index (χ0n) is 15.1. The van der Waals surface area contributed by atoms with E-state index in [0.717, 1.165) is 5.92 Å². The summed E-state index contributed by atoms with van der Waals surface area (Å²) >= 11 is 0. The van der Waals surface area contributed by atoms with Crippen LogP contribution in [0.2, 0.25) is 0 Å². The molecule has 0 aromatic heterocycles. The average Bonchev–Trinajstić information content (AvgIpc) is 2.44. The van der Waals surface area contributed by atoms with Gasteiger partial charge in [-0.25, -0.2) is 0 Å². The van der Waals surface area contributed by atoms with Crippen molar-refractivity contribution >= 4 is 0 Å². The Morgan fingerprint density at radius 3 is 1.85 bits per heavy atom. The van der Waals surface area contributed by atoms with Gasteiger partial charge in [-0.3, -0.25) is 0 Å². The topological polar surface area (TPSA) is 12.0 Å². The molecule has 0 aliphatic rings. The lowest BCUT2D eigenvalue weighted by Gasteiger charge is -2.32. The van der Waals surface area contributed by atoms with E-state index in [-0.39, 0.29) is 0 Å². The number of hydrogen-bond donors (Lipinski definition) is 1. The monoisotopic (exact) mass is 283 g/mol. The SMILES string of the molecule is CCCCCCCCCC(CC)(CC)CNCC(C)C. The van der Waals surface area contributed by atoms with Crippen molar-refractivity contribution in [3.05, 3.63) is 0 Å². The van der Waals surface area contributed by atoms with Crippen molar-refractivity contribution in [1.29, 1.82) is 0 Å². The summed E-state index contributed by atoms with van der Waals surface area (Å²) in [7, 11) is 0. The van der Waals surface area contributed by atoms with E-state index in [4.69, 9.17) is 0 Å². The molecule has 1 heteroatoms. The summed E-state index contributed by atoms with van der Waals surface area (Å²) in [5.74, 6) is 0.764. The molecular formula is C19H41N. The molecule has 0 aromatic rings. The molecule has 122 valence electrons. The van der Waals surface area contributed by atoms with Crippen LogP contribution in [0.25, 0.3) is 0 Å². The molecule has 0 aliphatic carbocycles. The van der Waals surface area contributed by atoms with Gasteiger partial charge < -0.3 is 5.32 Å². The van der Waals surface area contributed by atoms with Gasteiger partial charge >= 0.3 is 0 Å². The van der Waals surface area contributed by atoms with Gasteiger partial charge in [-0.2, -0.15) is 0 Å². The fraction of sp³-hybridized carbons (Fsp3) is 1.00. The fourth-order valence-electron chi connectivity index (χ4n) is 3.03. The molecule has 0 aliphatic heterocycles. The van der Waals surface area contributed by atoms with Gasteiger partial charge in [0.05, 0.1) is 0 Å². The molecule has 1 nitrogen and oxygen atoms in total. The fourth-order valence-corrected chi connectivity index (χ4v) is 3.03. The highest BCUT2D eigenvalue weighted by Gasteiger charge is 2.24. The first-order valence-electron chi connectivity index (χ1n) is 9.31. The lowest BCUT2D eigenvalue weighted by atomic mass is 9.77. The van der Waals surface area contributed by atoms with Crippen molar-refractivity contribution in [2.75, 3.05) is 13.1 Å². The van der Waals surface area contributed by atoms with Crippen LogP contribution in [-0.4, -0.2) is 13.1 Å². The van der Waals surface area contributed by atoms with Gasteiger partial charge in [-0.15, -0.1) is 0 Å². The van der Waals surface area contributed by atoms with Crippen molar-refractivity contribution in [1.82, 2.24) is 5.32 Å². The smallest absolute Gasteiger partial charge is 0.000771 e. The maximum atomic E-state index is 3.70. The molecule has 1 N–H and O–H groups in total. The van der Waals surface area contributed by atoms with Crippen LogP contribution in [0.3, 0.4) is 0 Å². The quantitative estimate of drug-likeness (QED) is 0.375. The molecule has 0 radical (unpaired) electrons. The van der Waals surface area contributed by atoms with Crippen molar-refractivity contribution < 1.29 is 0 Å². The van der Waals surface area contributed by atoms with Crippen molar-refractivity contribution in [3.8, 4) is 0 Å². The van der Waals surface area contributed by atoms with Gasteiger partial charge in [0.2, 0.25) is 0 Å².